The molecule has 1 saturated carbocycles. The van der Waals surface area contributed by atoms with E-state index in [0.29, 0.717) is 29.8 Å². The molecule has 0 saturated heterocycles. The van der Waals surface area contributed by atoms with E-state index in [4.69, 9.17) is 16.3 Å². The Morgan fingerprint density at radius 3 is 2.72 bits per heavy atom. The van der Waals surface area contributed by atoms with Crippen molar-refractivity contribution in [1.82, 2.24) is 4.90 Å². The van der Waals surface area contributed by atoms with Crippen LogP contribution in [-0.2, 0) is 31.1 Å². The van der Waals surface area contributed by atoms with Crippen molar-refractivity contribution in [3.05, 3.63) is 57.2 Å². The molecular weight excluding hydrogens is 410 g/mol. The lowest BCUT2D eigenvalue weighted by atomic mass is 9.74. The highest BCUT2D eigenvalue weighted by Gasteiger charge is 2.47. The normalized spacial score (nSPS) is 19.0. The predicted molar refractivity (Wildman–Crippen MR) is 113 cm³/mol. The Kier molecular flexibility index (Phi) is 7.09. The maximum atomic E-state index is 13.0. The van der Waals surface area contributed by atoms with Crippen LogP contribution in [0.5, 0.6) is 0 Å². The van der Waals surface area contributed by atoms with Crippen molar-refractivity contribution in [3.63, 3.8) is 0 Å². The van der Waals surface area contributed by atoms with Gasteiger partial charge in [-0.3, -0.25) is 14.4 Å². The molecule has 0 radical (unpaired) electrons. The van der Waals surface area contributed by atoms with Gasteiger partial charge in [-0.25, -0.2) is 0 Å². The zero-order valence-electron chi connectivity index (χ0n) is 16.4. The van der Waals surface area contributed by atoms with Crippen LogP contribution in [0, 0.1) is 0 Å². The smallest absolute Gasteiger partial charge is 0.306 e. The number of benzene rings is 1. The lowest BCUT2D eigenvalue weighted by Crippen LogP contribution is -2.55. The molecule has 0 N–H and O–H groups in total. The van der Waals surface area contributed by atoms with Crippen LogP contribution in [0.3, 0.4) is 0 Å². The predicted octanol–water partition coefficient (Wildman–Crippen LogP) is 4.37. The van der Waals surface area contributed by atoms with Crippen LogP contribution < -0.4 is 0 Å². The highest BCUT2D eigenvalue weighted by atomic mass is 35.5. The van der Waals surface area contributed by atoms with Crippen molar-refractivity contribution in [2.45, 2.75) is 44.1 Å². The van der Waals surface area contributed by atoms with Crippen LogP contribution in [0.15, 0.2) is 41.1 Å². The molecule has 0 aliphatic heterocycles. The third-order valence-electron chi connectivity index (χ3n) is 5.47. The van der Waals surface area contributed by atoms with Crippen molar-refractivity contribution in [2.24, 2.45) is 0 Å². The molecule has 1 aromatic carbocycles. The van der Waals surface area contributed by atoms with Gasteiger partial charge in [-0.05, 0) is 54.1 Å². The van der Waals surface area contributed by atoms with E-state index >= 15 is 0 Å². The van der Waals surface area contributed by atoms with Crippen LogP contribution in [0.4, 0.5) is 0 Å². The molecule has 1 fully saturated rings. The van der Waals surface area contributed by atoms with Gasteiger partial charge in [0.25, 0.3) is 5.91 Å². The van der Waals surface area contributed by atoms with Crippen molar-refractivity contribution in [2.75, 3.05) is 13.7 Å². The van der Waals surface area contributed by atoms with Crippen LogP contribution >= 0.6 is 22.9 Å². The molecule has 1 amide bonds. The number of ketones is 1. The van der Waals surface area contributed by atoms with Crippen LogP contribution in [-0.4, -0.2) is 36.2 Å². The summed E-state index contributed by atoms with van der Waals surface area (Å²) < 4.78 is 5.19. The number of carbonyl (C=O) groups excluding carboxylic acids is 3. The van der Waals surface area contributed by atoms with E-state index in [0.717, 1.165) is 18.4 Å². The van der Waals surface area contributed by atoms with Crippen molar-refractivity contribution in [1.29, 1.82) is 0 Å². The van der Waals surface area contributed by atoms with Crippen LogP contribution in [0.1, 0.15) is 43.2 Å². The maximum Gasteiger partial charge on any atom is 0.306 e. The zero-order valence-corrected chi connectivity index (χ0v) is 17.9. The van der Waals surface area contributed by atoms with Crippen molar-refractivity contribution < 1.29 is 19.1 Å². The molecule has 7 heteroatoms. The quantitative estimate of drug-likeness (QED) is 0.608. The van der Waals surface area contributed by atoms with Gasteiger partial charge in [0, 0.05) is 30.5 Å². The van der Waals surface area contributed by atoms with E-state index in [-0.39, 0.29) is 12.2 Å². The van der Waals surface area contributed by atoms with Gasteiger partial charge >= 0.3 is 5.97 Å². The number of aryl methyl sites for hydroxylation is 1. The second kappa shape index (κ2) is 9.55. The maximum absolute atomic E-state index is 13.0. The first-order chi connectivity index (χ1) is 13.9. The number of thiophene rings is 1. The molecule has 1 aliphatic rings. The summed E-state index contributed by atoms with van der Waals surface area (Å²) in [6.07, 6.45) is 3.30. The van der Waals surface area contributed by atoms with E-state index in [9.17, 15) is 14.4 Å². The number of likely N-dealkylation sites (N-methyl/N-ethyl adjacent to an activating group) is 1. The molecule has 0 spiro atoms. The Labute approximate surface area is 179 Å². The number of esters is 1. The molecule has 1 heterocycles. The average Bonchev–Trinajstić information content (AvgIpc) is 3.25. The van der Waals surface area contributed by atoms with Gasteiger partial charge in [0.15, 0.2) is 12.4 Å². The minimum atomic E-state index is -1.11. The van der Waals surface area contributed by atoms with Crippen molar-refractivity contribution in [3.8, 4) is 0 Å². The van der Waals surface area contributed by atoms with E-state index in [2.05, 4.69) is 0 Å². The first-order valence-corrected chi connectivity index (χ1v) is 11.0. The third kappa shape index (κ3) is 4.70. The molecule has 1 aromatic heterocycles. The second-order valence-corrected chi connectivity index (χ2v) is 8.40. The number of hydrogen-bond acceptors (Lipinski definition) is 5. The summed E-state index contributed by atoms with van der Waals surface area (Å²) in [6, 6.07) is 9.09. The van der Waals surface area contributed by atoms with Crippen LogP contribution in [0.2, 0.25) is 5.02 Å². The standard InChI is InChI=1S/C22H24ClNO4S/c1-24(20(26)14-28-21(27)10-9-16-11-13-29-15-16)22(12-5-4-8-19(22)25)17-6-2-3-7-18(17)23/h2-3,6-7,11,13,15H,4-5,8-10,12,14H2,1H3. The fourth-order valence-electron chi connectivity index (χ4n) is 3.83. The lowest BCUT2D eigenvalue weighted by molar-refractivity contribution is -0.157. The number of amides is 1. The molecule has 3 rings (SSSR count). The Hall–Kier alpha value is -2.18. The van der Waals surface area contributed by atoms with E-state index in [1.165, 1.54) is 4.90 Å². The molecule has 2 aromatic rings. The SMILES string of the molecule is CN(C(=O)COC(=O)CCc1ccsc1)C1(c2ccccc2Cl)CCCCC1=O. The first kappa shape index (κ1) is 21.5. The molecule has 1 atom stereocenters. The topological polar surface area (TPSA) is 63.7 Å². The number of Topliss-reactive ketones (excluding diaryl/α,β-unsaturated/α-hetero) is 1. The van der Waals surface area contributed by atoms with Crippen LogP contribution in [0.25, 0.3) is 0 Å². The Balaban J connectivity index is 1.70. The van der Waals surface area contributed by atoms with E-state index < -0.39 is 24.0 Å². The number of nitrogens with zero attached hydrogens (tertiary/aromatic N) is 1. The fourth-order valence-corrected chi connectivity index (χ4v) is 4.83. The molecule has 1 aliphatic carbocycles. The monoisotopic (exact) mass is 433 g/mol. The highest BCUT2D eigenvalue weighted by Crippen LogP contribution is 2.42. The van der Waals surface area contributed by atoms with Gasteiger partial charge in [0.1, 0.15) is 5.54 Å². The summed E-state index contributed by atoms with van der Waals surface area (Å²) in [5.74, 6) is -0.875. The summed E-state index contributed by atoms with van der Waals surface area (Å²) in [5, 5.41) is 4.39. The summed E-state index contributed by atoms with van der Waals surface area (Å²) in [4.78, 5) is 39.3. The molecule has 0 bridgehead atoms. The second-order valence-electron chi connectivity index (χ2n) is 7.22. The summed E-state index contributed by atoms with van der Waals surface area (Å²) >= 11 is 7.98. The Bertz CT molecular complexity index is 883. The summed E-state index contributed by atoms with van der Waals surface area (Å²) in [5.41, 5.74) is 0.586. The molecule has 29 heavy (non-hydrogen) atoms. The number of rotatable bonds is 7. The zero-order chi connectivity index (χ0) is 20.9. The van der Waals surface area contributed by atoms with E-state index in [1.54, 1.807) is 36.6 Å². The third-order valence-corrected chi connectivity index (χ3v) is 6.54. The Morgan fingerprint density at radius 1 is 1.24 bits per heavy atom. The summed E-state index contributed by atoms with van der Waals surface area (Å²) in [7, 11) is 1.59. The average molecular weight is 434 g/mol. The minimum absolute atomic E-state index is 0.0310. The first-order valence-electron chi connectivity index (χ1n) is 9.67. The van der Waals surface area contributed by atoms with Gasteiger partial charge < -0.3 is 9.64 Å². The minimum Gasteiger partial charge on any atom is -0.456 e. The van der Waals surface area contributed by atoms with Gasteiger partial charge in [0.05, 0.1) is 0 Å². The van der Waals surface area contributed by atoms with Gasteiger partial charge in [-0.1, -0.05) is 29.8 Å². The number of hydrogen-bond donors (Lipinski definition) is 0. The van der Waals surface area contributed by atoms with Gasteiger partial charge in [-0.2, -0.15) is 11.3 Å². The number of halogens is 1. The highest BCUT2D eigenvalue weighted by molar-refractivity contribution is 7.07. The Morgan fingerprint density at radius 2 is 2.03 bits per heavy atom. The molecule has 5 nitrogen and oxygen atoms in total. The summed E-state index contributed by atoms with van der Waals surface area (Å²) in [6.45, 7) is -0.390. The van der Waals surface area contributed by atoms with Gasteiger partial charge in [0.2, 0.25) is 0 Å². The lowest BCUT2D eigenvalue weighted by Gasteiger charge is -2.43. The van der Waals surface area contributed by atoms with Gasteiger partial charge in [-0.15, -0.1) is 0 Å². The number of carbonyl (C=O) groups is 3. The van der Waals surface area contributed by atoms with E-state index in [1.807, 2.05) is 22.9 Å². The van der Waals surface area contributed by atoms with Crippen molar-refractivity contribution >= 4 is 40.6 Å². The molecular formula is C22H24ClNO4S. The fraction of sp³-hybridized carbons (Fsp3) is 0.409. The number of ether oxygens (including phenoxy) is 1. The molecule has 154 valence electrons. The molecule has 1 unspecified atom stereocenters. The largest absolute Gasteiger partial charge is 0.456 e.